The summed E-state index contributed by atoms with van der Waals surface area (Å²) in [7, 11) is -2.66. The minimum Gasteiger partial charge on any atom is -0.457 e. The SMILES string of the molecule is c1ccc([Si]2(c3ccccc3)c3ccccc3Oc3c(-c4nccc5ccccc45)cccc32)cc1. The summed E-state index contributed by atoms with van der Waals surface area (Å²) in [6.07, 6.45) is 1.90. The molecule has 0 bridgehead atoms. The molecule has 1 aliphatic rings. The van der Waals surface area contributed by atoms with Gasteiger partial charge in [-0.1, -0.05) is 115 Å². The molecule has 0 radical (unpaired) electrons. The van der Waals surface area contributed by atoms with E-state index in [0.717, 1.165) is 28.1 Å². The van der Waals surface area contributed by atoms with Crippen molar-refractivity contribution < 1.29 is 4.74 Å². The molecule has 0 amide bonds. The molecule has 1 aromatic heterocycles. The monoisotopic (exact) mass is 477 g/mol. The van der Waals surface area contributed by atoms with Crippen molar-refractivity contribution in [2.24, 2.45) is 0 Å². The van der Waals surface area contributed by atoms with E-state index in [2.05, 4.69) is 133 Å². The van der Waals surface area contributed by atoms with Crippen molar-refractivity contribution in [3.05, 3.63) is 140 Å². The molecule has 6 aromatic rings. The number of rotatable bonds is 3. The minimum atomic E-state index is -2.66. The van der Waals surface area contributed by atoms with Gasteiger partial charge in [0.15, 0.2) is 8.07 Å². The lowest BCUT2D eigenvalue weighted by Gasteiger charge is -2.40. The van der Waals surface area contributed by atoms with E-state index in [-0.39, 0.29) is 0 Å². The molecule has 0 spiro atoms. The van der Waals surface area contributed by atoms with Crippen LogP contribution < -0.4 is 25.5 Å². The third-order valence-electron chi connectivity index (χ3n) is 7.26. The lowest BCUT2D eigenvalue weighted by Crippen LogP contribution is -2.76. The van der Waals surface area contributed by atoms with Gasteiger partial charge in [-0.25, -0.2) is 0 Å². The van der Waals surface area contributed by atoms with Gasteiger partial charge in [0.25, 0.3) is 0 Å². The first-order valence-electron chi connectivity index (χ1n) is 12.2. The number of pyridine rings is 1. The minimum absolute atomic E-state index is 0.916. The van der Waals surface area contributed by atoms with Crippen molar-refractivity contribution in [1.29, 1.82) is 0 Å². The lowest BCUT2D eigenvalue weighted by molar-refractivity contribution is 0.488. The topological polar surface area (TPSA) is 22.1 Å². The third kappa shape index (κ3) is 3.00. The number of ether oxygens (including phenoxy) is 1. The molecule has 0 atom stereocenters. The summed E-state index contributed by atoms with van der Waals surface area (Å²) in [5.74, 6) is 1.84. The van der Waals surface area contributed by atoms with Gasteiger partial charge in [-0.3, -0.25) is 4.98 Å². The van der Waals surface area contributed by atoms with Crippen molar-refractivity contribution in [2.45, 2.75) is 0 Å². The number of hydrogen-bond donors (Lipinski definition) is 0. The normalized spacial score (nSPS) is 13.4. The Morgan fingerprint density at radius 1 is 0.528 bits per heavy atom. The Morgan fingerprint density at radius 3 is 1.94 bits per heavy atom. The van der Waals surface area contributed by atoms with Crippen LogP contribution in [0.5, 0.6) is 11.5 Å². The van der Waals surface area contributed by atoms with Crippen molar-refractivity contribution in [1.82, 2.24) is 4.98 Å². The molecule has 0 N–H and O–H groups in total. The first-order chi connectivity index (χ1) is 17.9. The summed E-state index contributed by atoms with van der Waals surface area (Å²) >= 11 is 0. The van der Waals surface area contributed by atoms with Gasteiger partial charge in [0.2, 0.25) is 0 Å². The zero-order valence-corrected chi connectivity index (χ0v) is 20.6. The fourth-order valence-corrected chi connectivity index (χ4v) is 10.7. The molecule has 2 nitrogen and oxygen atoms in total. The van der Waals surface area contributed by atoms with Gasteiger partial charge in [-0.15, -0.1) is 0 Å². The summed E-state index contributed by atoms with van der Waals surface area (Å²) < 4.78 is 6.80. The van der Waals surface area contributed by atoms with Crippen molar-refractivity contribution >= 4 is 39.6 Å². The largest absolute Gasteiger partial charge is 0.457 e. The summed E-state index contributed by atoms with van der Waals surface area (Å²) in [6, 6.07) is 47.6. The van der Waals surface area contributed by atoms with Gasteiger partial charge >= 0.3 is 0 Å². The van der Waals surface area contributed by atoms with Crippen LogP contribution in [0.3, 0.4) is 0 Å². The molecule has 0 aliphatic carbocycles. The highest BCUT2D eigenvalue weighted by Gasteiger charge is 2.48. The molecule has 3 heteroatoms. The van der Waals surface area contributed by atoms with E-state index in [0.29, 0.717) is 0 Å². The number of para-hydroxylation sites is 2. The van der Waals surface area contributed by atoms with E-state index in [1.807, 2.05) is 6.20 Å². The zero-order valence-electron chi connectivity index (χ0n) is 19.6. The molecule has 1 aliphatic heterocycles. The zero-order chi connectivity index (χ0) is 24.0. The maximum absolute atomic E-state index is 6.80. The Hall–Kier alpha value is -4.47. The number of hydrogen-bond acceptors (Lipinski definition) is 2. The van der Waals surface area contributed by atoms with Crippen LogP contribution in [0.15, 0.2) is 140 Å². The van der Waals surface area contributed by atoms with E-state index in [1.165, 1.54) is 26.1 Å². The molecule has 0 unspecified atom stereocenters. The average Bonchev–Trinajstić information content (AvgIpc) is 2.96. The van der Waals surface area contributed by atoms with Crippen LogP contribution in [0.4, 0.5) is 0 Å². The molecule has 0 saturated heterocycles. The maximum atomic E-state index is 6.80. The van der Waals surface area contributed by atoms with Crippen molar-refractivity contribution in [3.63, 3.8) is 0 Å². The highest BCUT2D eigenvalue weighted by Crippen LogP contribution is 2.38. The predicted octanol–water partition coefficient (Wildman–Crippen LogP) is 5.38. The van der Waals surface area contributed by atoms with E-state index in [9.17, 15) is 0 Å². The second-order valence-corrected chi connectivity index (χ2v) is 12.9. The van der Waals surface area contributed by atoms with Crippen LogP contribution in [0.25, 0.3) is 22.0 Å². The highest BCUT2D eigenvalue weighted by molar-refractivity contribution is 7.20. The first kappa shape index (κ1) is 20.9. The number of aromatic nitrogens is 1. The average molecular weight is 478 g/mol. The molecule has 7 rings (SSSR count). The number of nitrogens with zero attached hydrogens (tertiary/aromatic N) is 1. The van der Waals surface area contributed by atoms with Crippen LogP contribution in [-0.4, -0.2) is 13.1 Å². The Bertz CT molecular complexity index is 1670. The molecule has 170 valence electrons. The molecule has 36 heavy (non-hydrogen) atoms. The molecular weight excluding hydrogens is 454 g/mol. The van der Waals surface area contributed by atoms with E-state index >= 15 is 0 Å². The smallest absolute Gasteiger partial charge is 0.188 e. The highest BCUT2D eigenvalue weighted by atomic mass is 28.3. The number of fused-ring (bicyclic) bond motifs is 3. The summed E-state index contributed by atoms with van der Waals surface area (Å²) in [5, 5.41) is 7.52. The van der Waals surface area contributed by atoms with Gasteiger partial charge in [-0.2, -0.15) is 0 Å². The van der Waals surface area contributed by atoms with Crippen LogP contribution in [0.2, 0.25) is 0 Å². The summed E-state index contributed by atoms with van der Waals surface area (Å²) in [4.78, 5) is 4.87. The Balaban J connectivity index is 1.63. The molecule has 0 saturated carbocycles. The second kappa shape index (κ2) is 8.33. The first-order valence-corrected chi connectivity index (χ1v) is 14.2. The standard InChI is InChI=1S/C33H23NOSi/c1-3-13-25(14-4-1)36(26-15-5-2-6-16-26)30-20-10-9-19-29(30)35-33-28(18-11-21-31(33)36)32-27-17-8-7-12-24(27)22-23-34-32/h1-23H. The molecule has 0 fully saturated rings. The van der Waals surface area contributed by atoms with Crippen molar-refractivity contribution in [3.8, 4) is 22.8 Å². The number of benzene rings is 5. The lowest BCUT2D eigenvalue weighted by atomic mass is 10.0. The predicted molar refractivity (Wildman–Crippen MR) is 151 cm³/mol. The van der Waals surface area contributed by atoms with Gasteiger partial charge in [0.1, 0.15) is 11.5 Å². The Kier molecular flexibility index (Phi) is 4.83. The molecule has 2 heterocycles. The van der Waals surface area contributed by atoms with Crippen molar-refractivity contribution in [2.75, 3.05) is 0 Å². The van der Waals surface area contributed by atoms with Crippen LogP contribution in [0.1, 0.15) is 0 Å². The fraction of sp³-hybridized carbons (Fsp3) is 0. The quantitative estimate of drug-likeness (QED) is 0.319. The van der Waals surface area contributed by atoms with E-state index < -0.39 is 8.07 Å². The van der Waals surface area contributed by atoms with Gasteiger partial charge < -0.3 is 4.74 Å². The summed E-state index contributed by atoms with van der Waals surface area (Å²) in [6.45, 7) is 0. The maximum Gasteiger partial charge on any atom is 0.188 e. The van der Waals surface area contributed by atoms with E-state index in [1.54, 1.807) is 0 Å². The van der Waals surface area contributed by atoms with E-state index in [4.69, 9.17) is 9.72 Å². The molecular formula is C33H23NOSi. The van der Waals surface area contributed by atoms with Gasteiger partial charge in [0.05, 0.1) is 5.69 Å². The third-order valence-corrected chi connectivity index (χ3v) is 12.1. The van der Waals surface area contributed by atoms with Crippen LogP contribution in [0, 0.1) is 0 Å². The Morgan fingerprint density at radius 2 is 1.17 bits per heavy atom. The second-order valence-electron chi connectivity index (χ2n) is 9.14. The van der Waals surface area contributed by atoms with Crippen LogP contribution in [-0.2, 0) is 0 Å². The van der Waals surface area contributed by atoms with Crippen LogP contribution >= 0.6 is 0 Å². The summed E-state index contributed by atoms with van der Waals surface area (Å²) in [5.41, 5.74) is 1.98. The fourth-order valence-electron chi connectivity index (χ4n) is 5.75. The van der Waals surface area contributed by atoms with Gasteiger partial charge in [-0.05, 0) is 44.3 Å². The Labute approximate surface area is 211 Å². The molecule has 5 aromatic carbocycles. The van der Waals surface area contributed by atoms with Gasteiger partial charge in [0, 0.05) is 17.1 Å².